The first-order valence-electron chi connectivity index (χ1n) is 5.87. The third-order valence-electron chi connectivity index (χ3n) is 3.13. The van der Waals surface area contributed by atoms with Gasteiger partial charge in [0.1, 0.15) is 0 Å². The highest BCUT2D eigenvalue weighted by Crippen LogP contribution is 2.11. The van der Waals surface area contributed by atoms with Gasteiger partial charge in [0, 0.05) is 13.1 Å². The fourth-order valence-electron chi connectivity index (χ4n) is 1.31. The van der Waals surface area contributed by atoms with Crippen molar-refractivity contribution in [2.45, 2.75) is 34.6 Å². The fourth-order valence-corrected chi connectivity index (χ4v) is 1.31. The number of nitrogens with two attached hydrogens (primary N) is 1. The van der Waals surface area contributed by atoms with E-state index >= 15 is 0 Å². The first kappa shape index (κ1) is 14.4. The topological polar surface area (TPSA) is 55.1 Å². The first-order valence-corrected chi connectivity index (χ1v) is 5.87. The Hall–Kier alpha value is -0.570. The van der Waals surface area contributed by atoms with Crippen LogP contribution in [0.3, 0.4) is 0 Å². The molecule has 15 heavy (non-hydrogen) atoms. The molecular weight excluding hydrogens is 188 g/mol. The summed E-state index contributed by atoms with van der Waals surface area (Å²) in [7, 11) is 0. The summed E-state index contributed by atoms with van der Waals surface area (Å²) in [5.74, 6) is 1.47. The van der Waals surface area contributed by atoms with E-state index in [0.29, 0.717) is 24.3 Å². The lowest BCUT2D eigenvalue weighted by Gasteiger charge is -2.21. The molecule has 3 nitrogen and oxygen atoms in total. The van der Waals surface area contributed by atoms with Gasteiger partial charge in [-0.15, -0.1) is 0 Å². The second-order valence-electron chi connectivity index (χ2n) is 5.05. The molecular formula is C12H26N2O. The zero-order valence-electron chi connectivity index (χ0n) is 10.7. The summed E-state index contributed by atoms with van der Waals surface area (Å²) >= 11 is 0. The molecule has 0 radical (unpaired) electrons. The van der Waals surface area contributed by atoms with Crippen LogP contribution in [0.5, 0.6) is 0 Å². The van der Waals surface area contributed by atoms with Crippen molar-refractivity contribution in [3.05, 3.63) is 0 Å². The number of hydrogen-bond donors (Lipinski definition) is 2. The molecule has 0 fully saturated rings. The maximum absolute atomic E-state index is 11.8. The number of nitrogens with one attached hydrogen (secondary N) is 1. The third kappa shape index (κ3) is 5.17. The van der Waals surface area contributed by atoms with Gasteiger partial charge in [-0.25, -0.2) is 0 Å². The Morgan fingerprint density at radius 2 is 1.67 bits per heavy atom. The van der Waals surface area contributed by atoms with Crippen molar-refractivity contribution in [1.82, 2.24) is 5.32 Å². The van der Waals surface area contributed by atoms with Crippen LogP contribution in [0.1, 0.15) is 34.6 Å². The molecule has 3 N–H and O–H groups in total. The highest BCUT2D eigenvalue weighted by Gasteiger charge is 2.20. The molecule has 2 unspecified atom stereocenters. The van der Waals surface area contributed by atoms with E-state index in [4.69, 9.17) is 5.73 Å². The van der Waals surface area contributed by atoms with Crippen LogP contribution in [0, 0.1) is 23.7 Å². The van der Waals surface area contributed by atoms with Gasteiger partial charge in [0.15, 0.2) is 0 Å². The molecule has 0 saturated carbocycles. The summed E-state index contributed by atoms with van der Waals surface area (Å²) in [4.78, 5) is 11.8. The summed E-state index contributed by atoms with van der Waals surface area (Å²) in [6.45, 7) is 11.7. The molecule has 0 aromatic carbocycles. The van der Waals surface area contributed by atoms with Crippen LogP contribution >= 0.6 is 0 Å². The van der Waals surface area contributed by atoms with Crippen LogP contribution in [0.15, 0.2) is 0 Å². The van der Waals surface area contributed by atoms with Crippen LogP contribution in [0.25, 0.3) is 0 Å². The predicted octanol–water partition coefficient (Wildman–Crippen LogP) is 1.63. The minimum atomic E-state index is -0.0515. The van der Waals surface area contributed by atoms with Crippen molar-refractivity contribution in [1.29, 1.82) is 0 Å². The Morgan fingerprint density at radius 1 is 1.13 bits per heavy atom. The Labute approximate surface area is 93.8 Å². The maximum Gasteiger partial charge on any atom is 0.224 e. The fraction of sp³-hybridized carbons (Fsp3) is 0.917. The van der Waals surface area contributed by atoms with Gasteiger partial charge in [0.25, 0.3) is 0 Å². The van der Waals surface area contributed by atoms with Crippen molar-refractivity contribution in [3.63, 3.8) is 0 Å². The van der Waals surface area contributed by atoms with E-state index in [1.807, 2.05) is 13.8 Å². The highest BCUT2D eigenvalue weighted by atomic mass is 16.1. The highest BCUT2D eigenvalue weighted by molar-refractivity contribution is 5.79. The summed E-state index contributed by atoms with van der Waals surface area (Å²) in [6.07, 6.45) is 0. The second-order valence-corrected chi connectivity index (χ2v) is 5.05. The van der Waals surface area contributed by atoms with Crippen LogP contribution in [-0.4, -0.2) is 19.0 Å². The summed E-state index contributed by atoms with van der Waals surface area (Å²) in [6, 6.07) is 0. The Kier molecular flexibility index (Phi) is 6.57. The molecule has 0 aromatic heterocycles. The molecule has 0 aliphatic rings. The molecule has 0 saturated heterocycles. The molecule has 0 heterocycles. The van der Waals surface area contributed by atoms with Crippen molar-refractivity contribution in [2.75, 3.05) is 13.1 Å². The Bertz CT molecular complexity index is 190. The van der Waals surface area contributed by atoms with Gasteiger partial charge >= 0.3 is 0 Å². The molecule has 1 amide bonds. The lowest BCUT2D eigenvalue weighted by molar-refractivity contribution is -0.126. The van der Waals surface area contributed by atoms with Gasteiger partial charge in [-0.3, -0.25) is 4.79 Å². The van der Waals surface area contributed by atoms with E-state index in [9.17, 15) is 4.79 Å². The van der Waals surface area contributed by atoms with Crippen molar-refractivity contribution >= 4 is 5.91 Å². The summed E-state index contributed by atoms with van der Waals surface area (Å²) in [5, 5.41) is 2.98. The standard InChI is InChI=1S/C12H26N2O/c1-8(2)10(5)7-14-12(15)11(6-13)9(3)4/h8-11H,6-7,13H2,1-5H3,(H,14,15). The van der Waals surface area contributed by atoms with Crippen LogP contribution in [-0.2, 0) is 4.79 Å². The molecule has 0 aliphatic heterocycles. The normalized spacial score (nSPS) is 15.5. The van der Waals surface area contributed by atoms with Gasteiger partial charge in [-0.1, -0.05) is 34.6 Å². The minimum Gasteiger partial charge on any atom is -0.356 e. The van der Waals surface area contributed by atoms with Gasteiger partial charge in [-0.05, 0) is 17.8 Å². The van der Waals surface area contributed by atoms with E-state index < -0.39 is 0 Å². The number of carbonyl (C=O) groups is 1. The first-order chi connectivity index (χ1) is 6.90. The van der Waals surface area contributed by atoms with Crippen molar-refractivity contribution < 1.29 is 4.79 Å². The van der Waals surface area contributed by atoms with E-state index in [-0.39, 0.29) is 11.8 Å². The molecule has 3 heteroatoms. The zero-order chi connectivity index (χ0) is 12.0. The average molecular weight is 214 g/mol. The molecule has 0 bridgehead atoms. The van der Waals surface area contributed by atoms with E-state index in [1.54, 1.807) is 0 Å². The van der Waals surface area contributed by atoms with Gasteiger partial charge in [0.2, 0.25) is 5.91 Å². The third-order valence-corrected chi connectivity index (χ3v) is 3.13. The number of amides is 1. The van der Waals surface area contributed by atoms with Crippen LogP contribution in [0.4, 0.5) is 0 Å². The zero-order valence-corrected chi connectivity index (χ0v) is 10.7. The molecule has 0 spiro atoms. The second kappa shape index (κ2) is 6.83. The maximum atomic E-state index is 11.8. The molecule has 0 aliphatic carbocycles. The molecule has 0 rings (SSSR count). The van der Waals surface area contributed by atoms with Gasteiger partial charge in [-0.2, -0.15) is 0 Å². The summed E-state index contributed by atoms with van der Waals surface area (Å²) < 4.78 is 0. The van der Waals surface area contributed by atoms with E-state index in [2.05, 4.69) is 26.1 Å². The van der Waals surface area contributed by atoms with Crippen molar-refractivity contribution in [3.8, 4) is 0 Å². The Balaban J connectivity index is 4.02. The summed E-state index contributed by atoms with van der Waals surface area (Å²) in [5.41, 5.74) is 5.58. The lowest BCUT2D eigenvalue weighted by atomic mass is 9.94. The quantitative estimate of drug-likeness (QED) is 0.706. The molecule has 2 atom stereocenters. The number of carbonyl (C=O) groups excluding carboxylic acids is 1. The monoisotopic (exact) mass is 214 g/mol. The van der Waals surface area contributed by atoms with Gasteiger partial charge in [0.05, 0.1) is 5.92 Å². The molecule has 90 valence electrons. The van der Waals surface area contributed by atoms with Gasteiger partial charge < -0.3 is 11.1 Å². The lowest BCUT2D eigenvalue weighted by Crippen LogP contribution is -2.40. The predicted molar refractivity (Wildman–Crippen MR) is 64.4 cm³/mol. The van der Waals surface area contributed by atoms with Crippen LogP contribution < -0.4 is 11.1 Å². The number of hydrogen-bond acceptors (Lipinski definition) is 2. The van der Waals surface area contributed by atoms with E-state index in [0.717, 1.165) is 6.54 Å². The average Bonchev–Trinajstić information content (AvgIpc) is 2.14. The van der Waals surface area contributed by atoms with Crippen molar-refractivity contribution in [2.24, 2.45) is 29.4 Å². The van der Waals surface area contributed by atoms with E-state index in [1.165, 1.54) is 0 Å². The number of rotatable bonds is 6. The Morgan fingerprint density at radius 3 is 2.00 bits per heavy atom. The van der Waals surface area contributed by atoms with Crippen LogP contribution in [0.2, 0.25) is 0 Å². The SMILES string of the molecule is CC(C)C(C)CNC(=O)C(CN)C(C)C. The molecule has 0 aromatic rings. The smallest absolute Gasteiger partial charge is 0.224 e. The minimum absolute atomic E-state index is 0.0515. The largest absolute Gasteiger partial charge is 0.356 e.